The lowest BCUT2D eigenvalue weighted by Gasteiger charge is -2.15. The fourth-order valence-electron chi connectivity index (χ4n) is 1.15. The lowest BCUT2D eigenvalue weighted by atomic mass is 10.1. The molecule has 1 aromatic carbocycles. The maximum absolute atomic E-state index is 5.59. The Labute approximate surface area is 77.2 Å². The molecule has 1 radical (unpaired) electrons. The Bertz CT molecular complexity index is 221. The van der Waals surface area contributed by atoms with Crippen LogP contribution in [0.4, 0.5) is 0 Å². The van der Waals surface area contributed by atoms with E-state index in [0.29, 0.717) is 0 Å². The highest BCUT2D eigenvalue weighted by molar-refractivity contribution is 6.11. The van der Waals surface area contributed by atoms with Gasteiger partial charge in [0.25, 0.3) is 0 Å². The summed E-state index contributed by atoms with van der Waals surface area (Å²) in [4.78, 5) is 0. The fraction of sp³-hybridized carbons (Fsp3) is 0.300. The van der Waals surface area contributed by atoms with Crippen LogP contribution in [0.3, 0.4) is 0 Å². The molecule has 0 aliphatic carbocycles. The van der Waals surface area contributed by atoms with E-state index in [1.807, 2.05) is 18.2 Å². The molecule has 0 aliphatic heterocycles. The lowest BCUT2D eigenvalue weighted by molar-refractivity contribution is 0.0639. The van der Waals surface area contributed by atoms with Crippen LogP contribution in [0, 0.1) is 6.92 Å². The SMILES string of the molecule is [CH2]C([SiH3])OC(C)c1ccccc1. The molecule has 0 N–H and O–H groups in total. The van der Waals surface area contributed by atoms with Gasteiger partial charge in [-0.25, -0.2) is 0 Å². The van der Waals surface area contributed by atoms with Crippen LogP contribution in [0.2, 0.25) is 0 Å². The summed E-state index contributed by atoms with van der Waals surface area (Å²) in [6.07, 6.45) is 0.172. The van der Waals surface area contributed by atoms with Gasteiger partial charge in [-0.05, 0) is 19.4 Å². The van der Waals surface area contributed by atoms with Crippen molar-refractivity contribution in [3.8, 4) is 0 Å². The Morgan fingerprint density at radius 2 is 1.92 bits per heavy atom. The van der Waals surface area contributed by atoms with Crippen molar-refractivity contribution in [3.05, 3.63) is 42.8 Å². The zero-order valence-electron chi connectivity index (χ0n) is 7.66. The summed E-state index contributed by atoms with van der Waals surface area (Å²) in [6.45, 7) is 5.90. The molecule has 0 aromatic heterocycles. The van der Waals surface area contributed by atoms with E-state index in [-0.39, 0.29) is 11.8 Å². The first-order valence-electron chi connectivity index (χ1n) is 4.23. The Kier molecular flexibility index (Phi) is 3.50. The van der Waals surface area contributed by atoms with E-state index in [1.165, 1.54) is 5.56 Å². The second-order valence-corrected chi connectivity index (χ2v) is 4.29. The summed E-state index contributed by atoms with van der Waals surface area (Å²) in [6, 6.07) is 10.2. The fourth-order valence-corrected chi connectivity index (χ4v) is 1.56. The van der Waals surface area contributed by atoms with Crippen molar-refractivity contribution in [2.24, 2.45) is 0 Å². The van der Waals surface area contributed by atoms with Gasteiger partial charge in [-0.3, -0.25) is 0 Å². The number of benzene rings is 1. The van der Waals surface area contributed by atoms with Crippen molar-refractivity contribution in [3.63, 3.8) is 0 Å². The van der Waals surface area contributed by atoms with E-state index in [0.717, 1.165) is 10.2 Å². The summed E-state index contributed by atoms with van der Waals surface area (Å²) in [5.74, 6) is 0. The van der Waals surface area contributed by atoms with Gasteiger partial charge in [-0.15, -0.1) is 0 Å². The third kappa shape index (κ3) is 2.79. The molecule has 12 heavy (non-hydrogen) atoms. The van der Waals surface area contributed by atoms with Crippen LogP contribution < -0.4 is 0 Å². The highest BCUT2D eigenvalue weighted by Gasteiger charge is 2.05. The van der Waals surface area contributed by atoms with Crippen LogP contribution in [0.5, 0.6) is 0 Å². The quantitative estimate of drug-likeness (QED) is 0.635. The topological polar surface area (TPSA) is 9.23 Å². The predicted octanol–water partition coefficient (Wildman–Crippen LogP) is 1.29. The molecule has 0 bridgehead atoms. The first kappa shape index (κ1) is 9.48. The molecule has 1 aromatic rings. The van der Waals surface area contributed by atoms with Crippen LogP contribution in [0.25, 0.3) is 0 Å². The summed E-state index contributed by atoms with van der Waals surface area (Å²) in [5.41, 5.74) is 1.40. The van der Waals surface area contributed by atoms with Crippen LogP contribution >= 0.6 is 0 Å². The average Bonchev–Trinajstić information content (AvgIpc) is 2.05. The molecule has 2 unspecified atom stereocenters. The summed E-state index contributed by atoms with van der Waals surface area (Å²) >= 11 is 0. The number of hydrogen-bond donors (Lipinski definition) is 0. The zero-order chi connectivity index (χ0) is 8.97. The van der Waals surface area contributed by atoms with Crippen LogP contribution in [0.1, 0.15) is 18.6 Å². The van der Waals surface area contributed by atoms with Gasteiger partial charge in [-0.1, -0.05) is 30.3 Å². The van der Waals surface area contributed by atoms with Gasteiger partial charge in [-0.2, -0.15) is 0 Å². The summed E-state index contributed by atoms with van der Waals surface area (Å²) in [7, 11) is 0.985. The molecular formula is C10H15OSi. The van der Waals surface area contributed by atoms with E-state index < -0.39 is 0 Å². The Hall–Kier alpha value is -0.603. The monoisotopic (exact) mass is 179 g/mol. The van der Waals surface area contributed by atoms with Gasteiger partial charge < -0.3 is 4.74 Å². The molecule has 2 heteroatoms. The van der Waals surface area contributed by atoms with Gasteiger partial charge in [0.2, 0.25) is 0 Å². The predicted molar refractivity (Wildman–Crippen MR) is 55.0 cm³/mol. The highest BCUT2D eigenvalue weighted by Crippen LogP contribution is 2.16. The standard InChI is InChI=1S/C10H15OSi/c1-8(11-9(2)12)10-6-4-3-5-7-10/h3-9H,2H2,1,12H3. The van der Waals surface area contributed by atoms with Crippen molar-refractivity contribution in [2.45, 2.75) is 18.8 Å². The zero-order valence-corrected chi connectivity index (χ0v) is 9.66. The molecule has 0 heterocycles. The van der Waals surface area contributed by atoms with E-state index in [2.05, 4.69) is 26.0 Å². The number of hydrogen-bond acceptors (Lipinski definition) is 1. The van der Waals surface area contributed by atoms with Crippen molar-refractivity contribution in [2.75, 3.05) is 0 Å². The van der Waals surface area contributed by atoms with Crippen LogP contribution in [0.15, 0.2) is 30.3 Å². The van der Waals surface area contributed by atoms with Gasteiger partial charge in [0.15, 0.2) is 0 Å². The Balaban J connectivity index is 2.59. The second kappa shape index (κ2) is 4.43. The van der Waals surface area contributed by atoms with E-state index in [4.69, 9.17) is 4.74 Å². The van der Waals surface area contributed by atoms with Crippen LogP contribution in [-0.2, 0) is 4.74 Å². The third-order valence-corrected chi connectivity index (χ3v) is 1.98. The Morgan fingerprint density at radius 1 is 1.33 bits per heavy atom. The first-order chi connectivity index (χ1) is 5.70. The van der Waals surface area contributed by atoms with Crippen molar-refractivity contribution in [1.82, 2.24) is 0 Å². The molecule has 65 valence electrons. The van der Waals surface area contributed by atoms with Crippen molar-refractivity contribution < 1.29 is 4.74 Å². The van der Waals surface area contributed by atoms with Gasteiger partial charge in [0.05, 0.1) is 6.10 Å². The summed E-state index contributed by atoms with van der Waals surface area (Å²) in [5, 5.41) is 0. The van der Waals surface area contributed by atoms with Crippen molar-refractivity contribution >= 4 is 10.2 Å². The molecular weight excluding hydrogens is 164 g/mol. The molecule has 0 aliphatic rings. The molecule has 0 amide bonds. The van der Waals surface area contributed by atoms with E-state index in [1.54, 1.807) is 0 Å². The first-order valence-corrected chi connectivity index (χ1v) is 5.39. The van der Waals surface area contributed by atoms with Crippen molar-refractivity contribution in [1.29, 1.82) is 0 Å². The summed E-state index contributed by atoms with van der Waals surface area (Å²) < 4.78 is 5.59. The maximum atomic E-state index is 5.59. The number of rotatable bonds is 3. The van der Waals surface area contributed by atoms with Crippen LogP contribution in [-0.4, -0.2) is 16.0 Å². The smallest absolute Gasteiger partial charge is 0.0795 e. The molecule has 0 fully saturated rings. The normalized spacial score (nSPS) is 15.8. The van der Waals surface area contributed by atoms with E-state index in [9.17, 15) is 0 Å². The van der Waals surface area contributed by atoms with Gasteiger partial charge in [0, 0.05) is 16.0 Å². The van der Waals surface area contributed by atoms with E-state index >= 15 is 0 Å². The molecule has 1 nitrogen and oxygen atoms in total. The number of ether oxygens (including phenoxy) is 1. The lowest BCUT2D eigenvalue weighted by Crippen LogP contribution is -2.11. The minimum absolute atomic E-state index is 0.172. The average molecular weight is 179 g/mol. The second-order valence-electron chi connectivity index (χ2n) is 3.00. The molecule has 1 rings (SSSR count). The minimum atomic E-state index is 0.172. The molecule has 0 saturated carbocycles. The maximum Gasteiger partial charge on any atom is 0.0795 e. The highest BCUT2D eigenvalue weighted by atomic mass is 28.1. The Morgan fingerprint density at radius 3 is 2.42 bits per heavy atom. The van der Waals surface area contributed by atoms with Gasteiger partial charge in [0.1, 0.15) is 0 Å². The third-order valence-electron chi connectivity index (χ3n) is 1.71. The minimum Gasteiger partial charge on any atom is -0.375 e. The molecule has 0 spiro atoms. The molecule has 0 saturated heterocycles. The largest absolute Gasteiger partial charge is 0.375 e. The van der Waals surface area contributed by atoms with Gasteiger partial charge >= 0.3 is 0 Å². The molecule has 2 atom stereocenters.